The summed E-state index contributed by atoms with van der Waals surface area (Å²) in [5, 5.41) is 4.26. The van der Waals surface area contributed by atoms with Crippen LogP contribution in [0.1, 0.15) is 21.9 Å². The number of H-pyrrole nitrogens is 2. The highest BCUT2D eigenvalue weighted by molar-refractivity contribution is 6.11. The zero-order chi connectivity index (χ0) is 21.7. The normalized spacial score (nSPS) is 11.3. The van der Waals surface area contributed by atoms with E-state index in [0.29, 0.717) is 11.3 Å². The van der Waals surface area contributed by atoms with Gasteiger partial charge in [0.25, 0.3) is 0 Å². The van der Waals surface area contributed by atoms with Gasteiger partial charge in [0.15, 0.2) is 0 Å². The van der Waals surface area contributed by atoms with E-state index in [0.717, 1.165) is 29.0 Å². The standard InChI is InChI=1S/C22H16F2N6O/c1-11-28-18-5-3-14(8-19(18)29-11)30-22(25)16(10-27-30)21(31)20-6-12(9-26-20)15-4-2-13(23)7-17(15)24/h2-10,26H,25H2,1H3,(H,28,29). The fraction of sp³-hybridized carbons (Fsp3) is 0.0455. The molecule has 4 N–H and O–H groups in total. The van der Waals surface area contributed by atoms with E-state index >= 15 is 0 Å². The number of aryl methyl sites for hydroxylation is 1. The lowest BCUT2D eigenvalue weighted by Crippen LogP contribution is -2.07. The molecule has 0 spiro atoms. The molecule has 5 rings (SSSR count). The average molecular weight is 418 g/mol. The predicted molar refractivity (Wildman–Crippen MR) is 112 cm³/mol. The maximum atomic E-state index is 14.1. The van der Waals surface area contributed by atoms with Crippen molar-refractivity contribution in [3.8, 4) is 16.8 Å². The van der Waals surface area contributed by atoms with Crippen LogP contribution in [-0.4, -0.2) is 30.5 Å². The van der Waals surface area contributed by atoms with Crippen molar-refractivity contribution in [1.82, 2.24) is 24.7 Å². The summed E-state index contributed by atoms with van der Waals surface area (Å²) in [5.41, 5.74) is 9.56. The first-order valence-corrected chi connectivity index (χ1v) is 9.39. The van der Waals surface area contributed by atoms with Gasteiger partial charge in [0.05, 0.1) is 34.2 Å². The van der Waals surface area contributed by atoms with E-state index in [-0.39, 0.29) is 22.6 Å². The summed E-state index contributed by atoms with van der Waals surface area (Å²) in [6, 6.07) is 10.3. The highest BCUT2D eigenvalue weighted by Gasteiger charge is 2.20. The Morgan fingerprint density at radius 2 is 1.97 bits per heavy atom. The Morgan fingerprint density at radius 1 is 1.13 bits per heavy atom. The van der Waals surface area contributed by atoms with Gasteiger partial charge in [-0.05, 0) is 43.3 Å². The molecule has 0 saturated carbocycles. The summed E-state index contributed by atoms with van der Waals surface area (Å²) >= 11 is 0. The fourth-order valence-corrected chi connectivity index (χ4v) is 3.55. The summed E-state index contributed by atoms with van der Waals surface area (Å²) in [4.78, 5) is 23.3. The zero-order valence-electron chi connectivity index (χ0n) is 16.3. The number of carbonyl (C=O) groups excluding carboxylic acids is 1. The lowest BCUT2D eigenvalue weighted by atomic mass is 10.1. The quantitative estimate of drug-likeness (QED) is 0.381. The van der Waals surface area contributed by atoms with Crippen LogP contribution in [0.25, 0.3) is 27.8 Å². The topological polar surface area (TPSA) is 105 Å². The summed E-state index contributed by atoms with van der Waals surface area (Å²) < 4.78 is 28.7. The number of fused-ring (bicyclic) bond motifs is 1. The van der Waals surface area contributed by atoms with Gasteiger partial charge in [-0.3, -0.25) is 4.79 Å². The minimum atomic E-state index is -0.713. The van der Waals surface area contributed by atoms with Crippen LogP contribution in [-0.2, 0) is 0 Å². The summed E-state index contributed by atoms with van der Waals surface area (Å²) in [5.74, 6) is -0.816. The molecule has 7 nitrogen and oxygen atoms in total. The third-order valence-corrected chi connectivity index (χ3v) is 5.05. The molecular weight excluding hydrogens is 402 g/mol. The third-order valence-electron chi connectivity index (χ3n) is 5.05. The number of halogens is 2. The van der Waals surface area contributed by atoms with Gasteiger partial charge >= 0.3 is 0 Å². The Bertz CT molecular complexity index is 1460. The van der Waals surface area contributed by atoms with E-state index in [1.807, 2.05) is 25.1 Å². The monoisotopic (exact) mass is 418 g/mol. The minimum Gasteiger partial charge on any atom is -0.383 e. The van der Waals surface area contributed by atoms with E-state index in [1.54, 1.807) is 0 Å². The number of hydrogen-bond acceptors (Lipinski definition) is 4. The van der Waals surface area contributed by atoms with E-state index in [9.17, 15) is 13.6 Å². The van der Waals surface area contributed by atoms with Crippen LogP contribution in [0.15, 0.2) is 54.9 Å². The molecule has 3 heterocycles. The first-order chi connectivity index (χ1) is 14.9. The number of nitrogen functional groups attached to an aromatic ring is 1. The van der Waals surface area contributed by atoms with Crippen molar-refractivity contribution in [2.75, 3.05) is 5.73 Å². The molecular formula is C22H16F2N6O. The van der Waals surface area contributed by atoms with E-state index < -0.39 is 17.4 Å². The molecule has 0 atom stereocenters. The van der Waals surface area contributed by atoms with Gasteiger partial charge in [0.1, 0.15) is 23.3 Å². The Hall–Kier alpha value is -4.27. The number of aromatic amines is 2. The number of hydrogen-bond donors (Lipinski definition) is 3. The van der Waals surface area contributed by atoms with Crippen molar-refractivity contribution in [3.05, 3.63) is 83.6 Å². The number of imidazole rings is 1. The Labute approximate surface area is 174 Å². The lowest BCUT2D eigenvalue weighted by Gasteiger charge is -2.05. The van der Waals surface area contributed by atoms with Crippen molar-refractivity contribution in [1.29, 1.82) is 0 Å². The van der Waals surface area contributed by atoms with Crippen molar-refractivity contribution < 1.29 is 13.6 Å². The smallest absolute Gasteiger partial charge is 0.214 e. The Kier molecular flexibility index (Phi) is 4.18. The molecule has 2 aromatic carbocycles. The molecule has 0 unspecified atom stereocenters. The van der Waals surface area contributed by atoms with Crippen LogP contribution < -0.4 is 5.73 Å². The van der Waals surface area contributed by atoms with Gasteiger partial charge in [-0.2, -0.15) is 5.10 Å². The van der Waals surface area contributed by atoms with E-state index in [1.165, 1.54) is 29.2 Å². The Balaban J connectivity index is 1.48. The zero-order valence-corrected chi connectivity index (χ0v) is 16.3. The minimum absolute atomic E-state index is 0.171. The molecule has 0 aliphatic rings. The molecule has 0 bridgehead atoms. The molecule has 0 aliphatic heterocycles. The molecule has 31 heavy (non-hydrogen) atoms. The van der Waals surface area contributed by atoms with Crippen LogP contribution in [0.2, 0.25) is 0 Å². The van der Waals surface area contributed by atoms with Gasteiger partial charge in [-0.25, -0.2) is 18.4 Å². The highest BCUT2D eigenvalue weighted by atomic mass is 19.1. The second kappa shape index (κ2) is 6.91. The molecule has 5 aromatic rings. The van der Waals surface area contributed by atoms with Crippen molar-refractivity contribution in [2.24, 2.45) is 0 Å². The predicted octanol–water partition coefficient (Wildman–Crippen LogP) is 4.14. The average Bonchev–Trinajstić information content (AvgIpc) is 3.44. The maximum absolute atomic E-state index is 14.1. The number of nitrogens with two attached hydrogens (primary N) is 1. The van der Waals surface area contributed by atoms with Gasteiger partial charge < -0.3 is 15.7 Å². The second-order valence-corrected chi connectivity index (χ2v) is 7.13. The lowest BCUT2D eigenvalue weighted by molar-refractivity contribution is 0.103. The SMILES string of the molecule is Cc1nc2ccc(-n3ncc(C(=O)c4cc(-c5ccc(F)cc5F)c[nH]4)c3N)cc2[nH]1. The molecule has 0 aliphatic carbocycles. The van der Waals surface area contributed by atoms with Crippen LogP contribution in [0, 0.1) is 18.6 Å². The summed E-state index contributed by atoms with van der Waals surface area (Å²) in [6.45, 7) is 1.86. The van der Waals surface area contributed by atoms with Crippen LogP contribution in [0.4, 0.5) is 14.6 Å². The molecule has 0 amide bonds. The van der Waals surface area contributed by atoms with Crippen LogP contribution >= 0.6 is 0 Å². The number of aromatic nitrogens is 5. The van der Waals surface area contributed by atoms with E-state index in [4.69, 9.17) is 5.73 Å². The molecule has 154 valence electrons. The van der Waals surface area contributed by atoms with Crippen LogP contribution in [0.3, 0.4) is 0 Å². The van der Waals surface area contributed by atoms with Gasteiger partial charge in [0, 0.05) is 23.4 Å². The molecule has 3 aromatic heterocycles. The maximum Gasteiger partial charge on any atom is 0.214 e. The highest BCUT2D eigenvalue weighted by Crippen LogP contribution is 2.27. The van der Waals surface area contributed by atoms with Crippen molar-refractivity contribution in [2.45, 2.75) is 6.92 Å². The fourth-order valence-electron chi connectivity index (χ4n) is 3.55. The molecule has 9 heteroatoms. The number of rotatable bonds is 4. The van der Waals surface area contributed by atoms with Gasteiger partial charge in [-0.15, -0.1) is 0 Å². The summed E-state index contributed by atoms with van der Waals surface area (Å²) in [7, 11) is 0. The van der Waals surface area contributed by atoms with Crippen molar-refractivity contribution >= 4 is 22.6 Å². The first-order valence-electron chi connectivity index (χ1n) is 9.39. The van der Waals surface area contributed by atoms with Crippen LogP contribution in [0.5, 0.6) is 0 Å². The molecule has 0 fully saturated rings. The number of benzene rings is 2. The third kappa shape index (κ3) is 3.16. The van der Waals surface area contributed by atoms with E-state index in [2.05, 4.69) is 20.1 Å². The van der Waals surface area contributed by atoms with Crippen molar-refractivity contribution in [3.63, 3.8) is 0 Å². The largest absolute Gasteiger partial charge is 0.383 e. The molecule has 0 radical (unpaired) electrons. The molecule has 0 saturated heterocycles. The second-order valence-electron chi connectivity index (χ2n) is 7.13. The van der Waals surface area contributed by atoms with Gasteiger partial charge in [0.2, 0.25) is 5.78 Å². The van der Waals surface area contributed by atoms with Gasteiger partial charge in [-0.1, -0.05) is 0 Å². The number of carbonyl (C=O) groups is 1. The number of nitrogens with zero attached hydrogens (tertiary/aromatic N) is 3. The number of anilines is 1. The Morgan fingerprint density at radius 3 is 2.77 bits per heavy atom. The number of ketones is 1. The number of nitrogens with one attached hydrogen (secondary N) is 2. The first kappa shape index (κ1) is 18.7. The summed E-state index contributed by atoms with van der Waals surface area (Å²) in [6.07, 6.45) is 2.87.